The molecule has 34 heavy (non-hydrogen) atoms. The van der Waals surface area contributed by atoms with Crippen molar-refractivity contribution < 1.29 is 26.4 Å². The summed E-state index contributed by atoms with van der Waals surface area (Å²) in [6.07, 6.45) is 2.23. The van der Waals surface area contributed by atoms with Gasteiger partial charge in [0.2, 0.25) is 15.9 Å². The number of halogens is 3. The van der Waals surface area contributed by atoms with Crippen molar-refractivity contribution in [3.63, 3.8) is 0 Å². The maximum absolute atomic E-state index is 15.2. The minimum Gasteiger partial charge on any atom is -0.331 e. The SMILES string of the molecule is CCS(=O)(=O)N[C@@H]1[C@H](Cc2cccc(-c3cccc(F)c3)c2)N(C(=O)C23CC(C2)C3)CC1(F)F. The lowest BCUT2D eigenvalue weighted by Crippen LogP contribution is -2.62. The van der Waals surface area contributed by atoms with Gasteiger partial charge in [0.05, 0.1) is 23.8 Å². The van der Waals surface area contributed by atoms with Crippen molar-refractivity contribution >= 4 is 15.9 Å². The normalized spacial score (nSPS) is 29.4. The zero-order chi connectivity index (χ0) is 24.3. The molecule has 0 aromatic heterocycles. The molecule has 9 heteroatoms. The highest BCUT2D eigenvalue weighted by molar-refractivity contribution is 7.89. The molecule has 3 aliphatic carbocycles. The Morgan fingerprint density at radius 3 is 2.32 bits per heavy atom. The first-order valence-electron chi connectivity index (χ1n) is 11.6. The molecule has 3 saturated carbocycles. The van der Waals surface area contributed by atoms with E-state index in [0.717, 1.165) is 19.3 Å². The lowest BCUT2D eigenvalue weighted by molar-refractivity contribution is -0.178. The number of carbonyl (C=O) groups excluding carboxylic acids is 1. The third-order valence-electron chi connectivity index (χ3n) is 7.59. The fourth-order valence-electron chi connectivity index (χ4n) is 5.63. The topological polar surface area (TPSA) is 66.5 Å². The summed E-state index contributed by atoms with van der Waals surface area (Å²) in [7, 11) is -3.93. The summed E-state index contributed by atoms with van der Waals surface area (Å²) >= 11 is 0. The quantitative estimate of drug-likeness (QED) is 0.636. The second kappa shape index (κ2) is 8.09. The van der Waals surface area contributed by atoms with E-state index in [0.29, 0.717) is 22.6 Å². The molecule has 1 N–H and O–H groups in total. The molecule has 2 atom stereocenters. The number of hydrogen-bond acceptors (Lipinski definition) is 3. The summed E-state index contributed by atoms with van der Waals surface area (Å²) in [6, 6.07) is 10.4. The van der Waals surface area contributed by atoms with Crippen molar-refractivity contribution in [1.82, 2.24) is 9.62 Å². The summed E-state index contributed by atoms with van der Waals surface area (Å²) < 4.78 is 70.8. The van der Waals surface area contributed by atoms with Crippen LogP contribution in [0.15, 0.2) is 48.5 Å². The highest BCUT2D eigenvalue weighted by Gasteiger charge is 2.66. The van der Waals surface area contributed by atoms with Gasteiger partial charge in [-0.3, -0.25) is 4.79 Å². The number of rotatable bonds is 7. The van der Waals surface area contributed by atoms with E-state index in [4.69, 9.17) is 0 Å². The Morgan fingerprint density at radius 2 is 1.74 bits per heavy atom. The summed E-state index contributed by atoms with van der Waals surface area (Å²) in [5.74, 6) is -3.91. The van der Waals surface area contributed by atoms with Gasteiger partial charge in [-0.2, -0.15) is 0 Å². The van der Waals surface area contributed by atoms with E-state index in [1.165, 1.54) is 24.0 Å². The molecule has 1 saturated heterocycles. The molecular formula is C25H27F3N2O3S. The van der Waals surface area contributed by atoms with Crippen molar-refractivity contribution in [3.05, 3.63) is 59.9 Å². The molecular weight excluding hydrogens is 465 g/mol. The summed E-state index contributed by atoms with van der Waals surface area (Å²) in [4.78, 5) is 14.6. The molecule has 2 bridgehead atoms. The lowest BCUT2D eigenvalue weighted by atomic mass is 9.44. The van der Waals surface area contributed by atoms with Gasteiger partial charge in [-0.05, 0) is 67.3 Å². The summed E-state index contributed by atoms with van der Waals surface area (Å²) in [6.45, 7) is 0.584. The fraction of sp³-hybridized carbons (Fsp3) is 0.480. The Bertz CT molecular complexity index is 1220. The van der Waals surface area contributed by atoms with Crippen LogP contribution in [0, 0.1) is 17.2 Å². The van der Waals surface area contributed by atoms with E-state index in [1.54, 1.807) is 36.4 Å². The number of sulfonamides is 1. The van der Waals surface area contributed by atoms with Gasteiger partial charge in [-0.15, -0.1) is 0 Å². The minimum absolute atomic E-state index is 0.0564. The van der Waals surface area contributed by atoms with Crippen LogP contribution in [0.25, 0.3) is 11.1 Å². The van der Waals surface area contributed by atoms with Gasteiger partial charge in [0.25, 0.3) is 5.92 Å². The lowest BCUT2D eigenvalue weighted by Gasteiger charge is -2.61. The third kappa shape index (κ3) is 4.02. The first kappa shape index (κ1) is 23.4. The smallest absolute Gasteiger partial charge is 0.283 e. The first-order chi connectivity index (χ1) is 16.0. The fourth-order valence-corrected chi connectivity index (χ4v) is 6.51. The highest BCUT2D eigenvalue weighted by Crippen LogP contribution is 2.65. The monoisotopic (exact) mass is 492 g/mol. The van der Waals surface area contributed by atoms with Gasteiger partial charge >= 0.3 is 0 Å². The van der Waals surface area contributed by atoms with Crippen LogP contribution in [0.3, 0.4) is 0 Å². The van der Waals surface area contributed by atoms with Crippen molar-refractivity contribution in [2.45, 2.75) is 50.6 Å². The standard InChI is InChI=1S/C25H27F3N2O3S/c1-2-34(32,33)29-22-21(30(15-25(22,27)28)23(31)24-12-17(13-24)14-24)10-16-5-3-6-18(9-16)19-7-4-8-20(26)11-19/h3-9,11,17,21-22,29H,2,10,12-15H2,1H3/t17?,21-,22+,24?/m0/s1. The second-order valence-corrected chi connectivity index (χ2v) is 12.0. The molecule has 1 amide bonds. The van der Waals surface area contributed by atoms with Crippen LogP contribution < -0.4 is 4.72 Å². The molecule has 0 spiro atoms. The number of nitrogens with one attached hydrogen (secondary N) is 1. The van der Waals surface area contributed by atoms with E-state index in [9.17, 15) is 17.6 Å². The molecule has 2 aromatic rings. The predicted octanol–water partition coefficient (Wildman–Crippen LogP) is 3.99. The molecule has 4 aliphatic rings. The van der Waals surface area contributed by atoms with Crippen LogP contribution in [-0.2, 0) is 21.2 Å². The zero-order valence-corrected chi connectivity index (χ0v) is 19.6. The maximum Gasteiger partial charge on any atom is 0.283 e. The van der Waals surface area contributed by atoms with Gasteiger partial charge in [-0.25, -0.2) is 26.3 Å². The van der Waals surface area contributed by atoms with Crippen LogP contribution in [0.4, 0.5) is 13.2 Å². The molecule has 5 nitrogen and oxygen atoms in total. The molecule has 2 aromatic carbocycles. The zero-order valence-electron chi connectivity index (χ0n) is 18.8. The van der Waals surface area contributed by atoms with Crippen LogP contribution >= 0.6 is 0 Å². The van der Waals surface area contributed by atoms with Gasteiger partial charge in [-0.1, -0.05) is 36.4 Å². The van der Waals surface area contributed by atoms with Gasteiger partial charge in [0, 0.05) is 0 Å². The Hall–Kier alpha value is -2.39. The number of benzene rings is 2. The van der Waals surface area contributed by atoms with E-state index in [-0.39, 0.29) is 23.9 Å². The Kier molecular flexibility index (Phi) is 5.55. The molecule has 182 valence electrons. The van der Waals surface area contributed by atoms with E-state index in [1.807, 2.05) is 0 Å². The van der Waals surface area contributed by atoms with E-state index < -0.39 is 40.0 Å². The van der Waals surface area contributed by atoms with Gasteiger partial charge in [0.1, 0.15) is 11.9 Å². The average molecular weight is 493 g/mol. The Balaban J connectivity index is 1.48. The van der Waals surface area contributed by atoms with Crippen molar-refractivity contribution in [1.29, 1.82) is 0 Å². The third-order valence-corrected chi connectivity index (χ3v) is 8.96. The molecule has 0 unspecified atom stereocenters. The number of alkyl halides is 2. The van der Waals surface area contributed by atoms with Gasteiger partial charge < -0.3 is 4.90 Å². The molecule has 1 aliphatic heterocycles. The summed E-state index contributed by atoms with van der Waals surface area (Å²) in [5, 5.41) is 0. The van der Waals surface area contributed by atoms with Crippen LogP contribution in [0.1, 0.15) is 31.7 Å². The van der Waals surface area contributed by atoms with Crippen molar-refractivity contribution in [3.8, 4) is 11.1 Å². The van der Waals surface area contributed by atoms with Crippen molar-refractivity contribution in [2.24, 2.45) is 11.3 Å². The maximum atomic E-state index is 15.2. The number of likely N-dealkylation sites (tertiary alicyclic amines) is 1. The second-order valence-electron chi connectivity index (χ2n) is 9.93. The predicted molar refractivity (Wildman–Crippen MR) is 122 cm³/mol. The van der Waals surface area contributed by atoms with Crippen LogP contribution in [-0.4, -0.2) is 49.5 Å². The minimum atomic E-state index is -3.93. The average Bonchev–Trinajstić information content (AvgIpc) is 2.96. The van der Waals surface area contributed by atoms with Crippen LogP contribution in [0.5, 0.6) is 0 Å². The van der Waals surface area contributed by atoms with Crippen LogP contribution in [0.2, 0.25) is 0 Å². The molecule has 6 rings (SSSR count). The largest absolute Gasteiger partial charge is 0.331 e. The number of hydrogen-bond donors (Lipinski definition) is 1. The molecule has 4 fully saturated rings. The number of amides is 1. The number of nitrogens with zero attached hydrogens (tertiary/aromatic N) is 1. The molecule has 0 radical (unpaired) electrons. The Morgan fingerprint density at radius 1 is 1.09 bits per heavy atom. The Labute approximate surface area is 197 Å². The number of carbonyl (C=O) groups is 1. The van der Waals surface area contributed by atoms with Crippen molar-refractivity contribution in [2.75, 3.05) is 12.3 Å². The van der Waals surface area contributed by atoms with E-state index >= 15 is 8.78 Å². The van der Waals surface area contributed by atoms with Gasteiger partial charge in [0.15, 0.2) is 0 Å². The summed E-state index contributed by atoms with van der Waals surface area (Å²) in [5.41, 5.74) is 1.47. The molecule has 1 heterocycles. The first-order valence-corrected chi connectivity index (χ1v) is 13.2. The highest BCUT2D eigenvalue weighted by atomic mass is 32.2. The van der Waals surface area contributed by atoms with E-state index in [2.05, 4.69) is 4.72 Å².